The highest BCUT2D eigenvalue weighted by Crippen LogP contribution is 2.21. The van der Waals surface area contributed by atoms with Crippen molar-refractivity contribution in [1.82, 2.24) is 20.0 Å². The number of carbonyl (C=O) groups excluding carboxylic acids is 1. The maximum atomic E-state index is 12.5. The SMILES string of the molecule is C=CC1CCN(C(=O)C(NC)c2cnn(C)c2)CC1. The second kappa shape index (κ2) is 6.02. The molecule has 0 aromatic carbocycles. The van der Waals surface area contributed by atoms with Crippen LogP contribution in [0.25, 0.3) is 0 Å². The van der Waals surface area contributed by atoms with Gasteiger partial charge in [-0.05, 0) is 25.8 Å². The van der Waals surface area contributed by atoms with Crippen LogP contribution in [-0.2, 0) is 11.8 Å². The molecule has 1 saturated heterocycles. The quantitative estimate of drug-likeness (QED) is 0.827. The molecule has 5 heteroatoms. The van der Waals surface area contributed by atoms with Crippen LogP contribution >= 0.6 is 0 Å². The van der Waals surface area contributed by atoms with Gasteiger partial charge in [0.25, 0.3) is 0 Å². The van der Waals surface area contributed by atoms with E-state index in [9.17, 15) is 4.79 Å². The summed E-state index contributed by atoms with van der Waals surface area (Å²) in [6.07, 6.45) is 7.65. The van der Waals surface area contributed by atoms with E-state index in [1.165, 1.54) is 0 Å². The molecule has 1 aliphatic rings. The van der Waals surface area contributed by atoms with E-state index in [0.717, 1.165) is 31.5 Å². The molecule has 0 spiro atoms. The standard InChI is InChI=1S/C14H22N4O/c1-4-11-5-7-18(8-6-11)14(19)13(15-2)12-9-16-17(3)10-12/h4,9-11,13,15H,1,5-8H2,2-3H3. The van der Waals surface area contributed by atoms with Crippen molar-refractivity contribution < 1.29 is 4.79 Å². The number of aromatic nitrogens is 2. The topological polar surface area (TPSA) is 50.2 Å². The molecule has 0 aliphatic carbocycles. The molecule has 1 aliphatic heterocycles. The Kier molecular flexibility index (Phi) is 4.37. The van der Waals surface area contributed by atoms with Gasteiger partial charge in [-0.2, -0.15) is 5.10 Å². The average molecular weight is 262 g/mol. The molecule has 19 heavy (non-hydrogen) atoms. The first kappa shape index (κ1) is 13.8. The number of rotatable bonds is 4. The van der Waals surface area contributed by atoms with Gasteiger partial charge in [0.05, 0.1) is 6.20 Å². The Morgan fingerprint density at radius 3 is 2.74 bits per heavy atom. The molecule has 1 amide bonds. The predicted octanol–water partition coefficient (Wildman–Crippen LogP) is 1.11. The number of nitrogens with zero attached hydrogens (tertiary/aromatic N) is 3. The Labute approximate surface area is 114 Å². The minimum Gasteiger partial charge on any atom is -0.341 e. The van der Waals surface area contributed by atoms with Crippen LogP contribution < -0.4 is 5.32 Å². The van der Waals surface area contributed by atoms with Crippen LogP contribution in [0.1, 0.15) is 24.4 Å². The largest absolute Gasteiger partial charge is 0.341 e. The summed E-state index contributed by atoms with van der Waals surface area (Å²) in [6, 6.07) is -0.297. The highest BCUT2D eigenvalue weighted by molar-refractivity contribution is 5.83. The number of amides is 1. The van der Waals surface area contributed by atoms with Crippen LogP contribution in [0.3, 0.4) is 0 Å². The molecule has 0 saturated carbocycles. The zero-order valence-corrected chi connectivity index (χ0v) is 11.7. The number of allylic oxidation sites excluding steroid dienone is 1. The van der Waals surface area contributed by atoms with Crippen molar-refractivity contribution >= 4 is 5.91 Å². The summed E-state index contributed by atoms with van der Waals surface area (Å²) in [6.45, 7) is 5.46. The Balaban J connectivity index is 2.03. The first-order valence-corrected chi connectivity index (χ1v) is 6.73. The lowest BCUT2D eigenvalue weighted by Gasteiger charge is -2.33. The van der Waals surface area contributed by atoms with Crippen LogP contribution in [0.15, 0.2) is 25.0 Å². The summed E-state index contributed by atoms with van der Waals surface area (Å²) in [5.74, 6) is 0.688. The third kappa shape index (κ3) is 3.04. The maximum Gasteiger partial charge on any atom is 0.244 e. The van der Waals surface area contributed by atoms with Gasteiger partial charge in [0.2, 0.25) is 5.91 Å². The lowest BCUT2D eigenvalue weighted by molar-refractivity contribution is -0.134. The molecule has 1 N–H and O–H groups in total. The summed E-state index contributed by atoms with van der Waals surface area (Å²) in [7, 11) is 3.67. The Hall–Kier alpha value is -1.62. The molecule has 104 valence electrons. The van der Waals surface area contributed by atoms with Gasteiger partial charge in [-0.3, -0.25) is 9.48 Å². The van der Waals surface area contributed by atoms with Crippen molar-refractivity contribution in [2.45, 2.75) is 18.9 Å². The van der Waals surface area contributed by atoms with E-state index < -0.39 is 0 Å². The minimum absolute atomic E-state index is 0.137. The number of piperidine rings is 1. The van der Waals surface area contributed by atoms with Crippen molar-refractivity contribution in [3.05, 3.63) is 30.6 Å². The fraction of sp³-hybridized carbons (Fsp3) is 0.571. The lowest BCUT2D eigenvalue weighted by Crippen LogP contribution is -2.43. The summed E-state index contributed by atoms with van der Waals surface area (Å²) in [5, 5.41) is 7.22. The Morgan fingerprint density at radius 1 is 1.58 bits per heavy atom. The highest BCUT2D eigenvalue weighted by atomic mass is 16.2. The summed E-state index contributed by atoms with van der Waals surface area (Å²) in [5.41, 5.74) is 0.917. The van der Waals surface area contributed by atoms with E-state index in [-0.39, 0.29) is 11.9 Å². The highest BCUT2D eigenvalue weighted by Gasteiger charge is 2.28. The predicted molar refractivity (Wildman–Crippen MR) is 74.5 cm³/mol. The molecule has 0 bridgehead atoms. The van der Waals surface area contributed by atoms with Gasteiger partial charge in [-0.25, -0.2) is 0 Å². The average Bonchev–Trinajstić information content (AvgIpc) is 2.86. The zero-order valence-electron chi connectivity index (χ0n) is 11.7. The van der Waals surface area contributed by atoms with Gasteiger partial charge in [0.15, 0.2) is 0 Å². The van der Waals surface area contributed by atoms with Gasteiger partial charge in [-0.1, -0.05) is 6.08 Å². The van der Waals surface area contributed by atoms with E-state index >= 15 is 0 Å². The van der Waals surface area contributed by atoms with E-state index in [1.807, 2.05) is 31.3 Å². The second-order valence-electron chi connectivity index (χ2n) is 5.07. The minimum atomic E-state index is -0.297. The van der Waals surface area contributed by atoms with Crippen LogP contribution in [0, 0.1) is 5.92 Å². The van der Waals surface area contributed by atoms with Crippen molar-refractivity contribution in [3.63, 3.8) is 0 Å². The Bertz CT molecular complexity index is 446. The molecule has 1 fully saturated rings. The molecule has 1 atom stereocenters. The number of hydrogen-bond donors (Lipinski definition) is 1. The molecule has 2 heterocycles. The van der Waals surface area contributed by atoms with E-state index in [0.29, 0.717) is 5.92 Å². The molecule has 1 aromatic rings. The number of likely N-dealkylation sites (tertiary alicyclic amines) is 1. The number of nitrogens with one attached hydrogen (secondary N) is 1. The molecule has 5 nitrogen and oxygen atoms in total. The normalized spacial score (nSPS) is 18.3. The van der Waals surface area contributed by atoms with Crippen molar-refractivity contribution in [2.75, 3.05) is 20.1 Å². The Morgan fingerprint density at radius 2 is 2.26 bits per heavy atom. The monoisotopic (exact) mass is 262 g/mol. The number of likely N-dealkylation sites (N-methyl/N-ethyl adjacent to an activating group) is 1. The summed E-state index contributed by atoms with van der Waals surface area (Å²) in [4.78, 5) is 14.5. The van der Waals surface area contributed by atoms with E-state index in [2.05, 4.69) is 17.0 Å². The fourth-order valence-electron chi connectivity index (χ4n) is 2.56. The van der Waals surface area contributed by atoms with Crippen LogP contribution in [0.4, 0.5) is 0 Å². The van der Waals surface area contributed by atoms with Crippen LogP contribution in [0.2, 0.25) is 0 Å². The molecular formula is C14H22N4O. The zero-order chi connectivity index (χ0) is 13.8. The van der Waals surface area contributed by atoms with Gasteiger partial charge in [0.1, 0.15) is 6.04 Å². The van der Waals surface area contributed by atoms with Gasteiger partial charge in [0, 0.05) is 31.9 Å². The molecule has 1 aromatic heterocycles. The van der Waals surface area contributed by atoms with Crippen LogP contribution in [0.5, 0.6) is 0 Å². The van der Waals surface area contributed by atoms with Gasteiger partial charge >= 0.3 is 0 Å². The maximum absolute atomic E-state index is 12.5. The smallest absolute Gasteiger partial charge is 0.244 e. The third-order valence-electron chi connectivity index (χ3n) is 3.78. The van der Waals surface area contributed by atoms with Crippen molar-refractivity contribution in [3.8, 4) is 0 Å². The molecule has 0 radical (unpaired) electrons. The van der Waals surface area contributed by atoms with E-state index in [4.69, 9.17) is 0 Å². The summed E-state index contributed by atoms with van der Waals surface area (Å²) < 4.78 is 1.72. The van der Waals surface area contributed by atoms with Crippen molar-refractivity contribution in [2.24, 2.45) is 13.0 Å². The van der Waals surface area contributed by atoms with Crippen molar-refractivity contribution in [1.29, 1.82) is 0 Å². The summed E-state index contributed by atoms with van der Waals surface area (Å²) >= 11 is 0. The second-order valence-corrected chi connectivity index (χ2v) is 5.07. The third-order valence-corrected chi connectivity index (χ3v) is 3.78. The molecule has 1 unspecified atom stereocenters. The lowest BCUT2D eigenvalue weighted by atomic mass is 9.96. The number of aryl methyl sites for hydroxylation is 1. The van der Waals surface area contributed by atoms with Gasteiger partial charge in [-0.15, -0.1) is 6.58 Å². The fourth-order valence-corrected chi connectivity index (χ4v) is 2.56. The molecule has 2 rings (SSSR count). The van der Waals surface area contributed by atoms with E-state index in [1.54, 1.807) is 10.9 Å². The number of hydrogen-bond acceptors (Lipinski definition) is 3. The van der Waals surface area contributed by atoms with Gasteiger partial charge < -0.3 is 10.2 Å². The van der Waals surface area contributed by atoms with Crippen LogP contribution in [-0.4, -0.2) is 40.7 Å². The number of carbonyl (C=O) groups is 1. The first-order chi connectivity index (χ1) is 9.15. The first-order valence-electron chi connectivity index (χ1n) is 6.73. The molecular weight excluding hydrogens is 240 g/mol.